The first-order valence-corrected chi connectivity index (χ1v) is 13.2. The highest BCUT2D eigenvalue weighted by atomic mass is 16.5. The molecule has 0 aromatic heterocycles. The van der Waals surface area contributed by atoms with E-state index < -0.39 is 0 Å². The molecule has 0 bridgehead atoms. The van der Waals surface area contributed by atoms with Crippen molar-refractivity contribution >= 4 is 5.78 Å². The van der Waals surface area contributed by atoms with Crippen LogP contribution in [0.15, 0.2) is 48.5 Å². The highest BCUT2D eigenvalue weighted by Gasteiger charge is 2.18. The maximum Gasteiger partial charge on any atom is 0.159 e. The lowest BCUT2D eigenvalue weighted by molar-refractivity contribution is 0.101. The summed E-state index contributed by atoms with van der Waals surface area (Å²) in [7, 11) is 0. The van der Waals surface area contributed by atoms with Crippen LogP contribution in [0.5, 0.6) is 5.75 Å². The summed E-state index contributed by atoms with van der Waals surface area (Å²) in [6.45, 7) is 8.32. The number of hydrogen-bond acceptors (Lipinski definition) is 3. The molecule has 0 atom stereocenters. The Morgan fingerprint density at radius 1 is 0.848 bits per heavy atom. The van der Waals surface area contributed by atoms with Crippen LogP contribution < -0.4 is 4.74 Å². The number of rotatable bonds is 14. The normalized spacial score (nSPS) is 15.0. The number of hydrogen-bond donors (Lipinski definition) is 0. The van der Waals surface area contributed by atoms with Crippen LogP contribution in [0.3, 0.4) is 0 Å². The fourth-order valence-corrected chi connectivity index (χ4v) is 4.83. The maximum absolute atomic E-state index is 11.4. The van der Waals surface area contributed by atoms with E-state index >= 15 is 0 Å². The van der Waals surface area contributed by atoms with Crippen LogP contribution in [-0.2, 0) is 0 Å². The fraction of sp³-hybridized carbons (Fsp3) is 0.567. The Balaban J connectivity index is 1.27. The number of carbonyl (C=O) groups excluding carboxylic acids is 1. The van der Waals surface area contributed by atoms with Crippen molar-refractivity contribution in [2.45, 2.75) is 78.1 Å². The summed E-state index contributed by atoms with van der Waals surface area (Å²) in [5.74, 6) is 1.99. The molecule has 1 saturated heterocycles. The van der Waals surface area contributed by atoms with E-state index in [9.17, 15) is 4.79 Å². The molecule has 3 nitrogen and oxygen atoms in total. The molecule has 0 aliphatic carbocycles. The molecule has 0 spiro atoms. The molecule has 1 aliphatic rings. The van der Waals surface area contributed by atoms with E-state index in [0.717, 1.165) is 47.9 Å². The summed E-state index contributed by atoms with van der Waals surface area (Å²) in [6, 6.07) is 16.1. The smallest absolute Gasteiger partial charge is 0.159 e. The predicted molar refractivity (Wildman–Crippen MR) is 139 cm³/mol. The molecule has 1 heterocycles. The first-order valence-electron chi connectivity index (χ1n) is 13.2. The highest BCUT2D eigenvalue weighted by molar-refractivity contribution is 5.94. The van der Waals surface area contributed by atoms with Crippen LogP contribution >= 0.6 is 0 Å². The lowest BCUT2D eigenvalue weighted by atomic mass is 9.91. The molecule has 0 N–H and O–H groups in total. The van der Waals surface area contributed by atoms with Crippen LogP contribution in [0.4, 0.5) is 0 Å². The molecule has 1 aliphatic heterocycles. The Morgan fingerprint density at radius 3 is 2.09 bits per heavy atom. The van der Waals surface area contributed by atoms with Gasteiger partial charge in [-0.3, -0.25) is 4.79 Å². The summed E-state index contributed by atoms with van der Waals surface area (Å²) >= 11 is 0. The minimum Gasteiger partial charge on any atom is -0.494 e. The van der Waals surface area contributed by atoms with Gasteiger partial charge >= 0.3 is 0 Å². The first kappa shape index (κ1) is 25.5. The number of piperidine rings is 1. The van der Waals surface area contributed by atoms with Crippen molar-refractivity contribution < 1.29 is 9.53 Å². The molecule has 3 heteroatoms. The zero-order valence-corrected chi connectivity index (χ0v) is 20.9. The van der Waals surface area contributed by atoms with Crippen molar-refractivity contribution in [2.24, 2.45) is 5.92 Å². The van der Waals surface area contributed by atoms with Gasteiger partial charge in [0.15, 0.2) is 5.78 Å². The Bertz CT molecular complexity index is 804. The van der Waals surface area contributed by atoms with Gasteiger partial charge < -0.3 is 9.64 Å². The molecule has 0 radical (unpaired) electrons. The Kier molecular flexibility index (Phi) is 11.0. The van der Waals surface area contributed by atoms with Crippen LogP contribution in [0.25, 0.3) is 11.1 Å². The standard InChI is InChI=1S/C30H43NO2/c1-3-4-5-6-7-8-10-26-19-22-31(23-20-26)21-9-24-33-30-17-15-29(16-18-30)28-13-11-27(12-14-28)25(2)32/h11-18,26H,3-10,19-24H2,1-2H3. The lowest BCUT2D eigenvalue weighted by Gasteiger charge is -2.32. The van der Waals surface area contributed by atoms with Gasteiger partial charge in [-0.1, -0.05) is 88.3 Å². The number of unbranched alkanes of at least 4 members (excludes halogenated alkanes) is 5. The third-order valence-corrected chi connectivity index (χ3v) is 7.04. The Hall–Kier alpha value is -2.13. The topological polar surface area (TPSA) is 29.5 Å². The fourth-order valence-electron chi connectivity index (χ4n) is 4.83. The highest BCUT2D eigenvalue weighted by Crippen LogP contribution is 2.25. The minimum absolute atomic E-state index is 0.0998. The van der Waals surface area contributed by atoms with Gasteiger partial charge in [-0.25, -0.2) is 0 Å². The van der Waals surface area contributed by atoms with Gasteiger partial charge in [-0.05, 0) is 68.5 Å². The molecule has 2 aromatic carbocycles. The summed E-state index contributed by atoms with van der Waals surface area (Å²) in [6.07, 6.45) is 13.8. The van der Waals surface area contributed by atoms with Gasteiger partial charge in [0.25, 0.3) is 0 Å². The third kappa shape index (κ3) is 8.97. The number of nitrogens with zero attached hydrogens (tertiary/aromatic N) is 1. The number of Topliss-reactive ketones (excluding diaryl/α,β-unsaturated/α-hetero) is 1. The van der Waals surface area contributed by atoms with Crippen LogP contribution in [0.2, 0.25) is 0 Å². The van der Waals surface area contributed by atoms with Gasteiger partial charge in [0, 0.05) is 12.1 Å². The monoisotopic (exact) mass is 449 g/mol. The molecule has 0 saturated carbocycles. The minimum atomic E-state index is 0.0998. The lowest BCUT2D eigenvalue weighted by Crippen LogP contribution is -2.34. The number of ketones is 1. The van der Waals surface area contributed by atoms with Crippen molar-refractivity contribution in [3.8, 4) is 16.9 Å². The summed E-state index contributed by atoms with van der Waals surface area (Å²) in [5, 5.41) is 0. The molecule has 180 valence electrons. The maximum atomic E-state index is 11.4. The zero-order chi connectivity index (χ0) is 23.3. The second kappa shape index (κ2) is 14.2. The third-order valence-electron chi connectivity index (χ3n) is 7.04. The molecule has 0 unspecified atom stereocenters. The number of benzene rings is 2. The predicted octanol–water partition coefficient (Wildman–Crippen LogP) is 7.79. The van der Waals surface area contributed by atoms with Crippen molar-refractivity contribution in [2.75, 3.05) is 26.2 Å². The van der Waals surface area contributed by atoms with Crippen molar-refractivity contribution in [1.82, 2.24) is 4.90 Å². The van der Waals surface area contributed by atoms with E-state index in [0.29, 0.717) is 0 Å². The van der Waals surface area contributed by atoms with E-state index in [2.05, 4.69) is 24.0 Å². The van der Waals surface area contributed by atoms with Gasteiger partial charge in [0.2, 0.25) is 0 Å². The molecular formula is C30H43NO2. The zero-order valence-electron chi connectivity index (χ0n) is 20.9. The van der Waals surface area contributed by atoms with Gasteiger partial charge in [-0.2, -0.15) is 0 Å². The van der Waals surface area contributed by atoms with Crippen molar-refractivity contribution in [3.05, 3.63) is 54.1 Å². The second-order valence-electron chi connectivity index (χ2n) is 9.70. The average molecular weight is 450 g/mol. The molecule has 3 rings (SSSR count). The average Bonchev–Trinajstić information content (AvgIpc) is 2.85. The van der Waals surface area contributed by atoms with Crippen LogP contribution in [0, 0.1) is 5.92 Å². The molecular weight excluding hydrogens is 406 g/mol. The van der Waals surface area contributed by atoms with Crippen LogP contribution in [-0.4, -0.2) is 36.9 Å². The Morgan fingerprint density at radius 2 is 1.45 bits per heavy atom. The number of likely N-dealkylation sites (tertiary alicyclic amines) is 1. The summed E-state index contributed by atoms with van der Waals surface area (Å²) < 4.78 is 5.98. The quantitative estimate of drug-likeness (QED) is 0.218. The molecule has 33 heavy (non-hydrogen) atoms. The Labute approximate surface area is 201 Å². The van der Waals surface area contributed by atoms with E-state index in [1.54, 1.807) is 6.92 Å². The van der Waals surface area contributed by atoms with E-state index in [-0.39, 0.29) is 5.78 Å². The largest absolute Gasteiger partial charge is 0.494 e. The van der Waals surface area contributed by atoms with Gasteiger partial charge in [0.05, 0.1) is 6.61 Å². The summed E-state index contributed by atoms with van der Waals surface area (Å²) in [4.78, 5) is 14.1. The summed E-state index contributed by atoms with van der Waals surface area (Å²) in [5.41, 5.74) is 3.01. The van der Waals surface area contributed by atoms with Crippen molar-refractivity contribution in [3.63, 3.8) is 0 Å². The van der Waals surface area contributed by atoms with Crippen molar-refractivity contribution in [1.29, 1.82) is 0 Å². The van der Waals surface area contributed by atoms with Crippen LogP contribution in [0.1, 0.15) is 88.4 Å². The molecule has 0 amide bonds. The van der Waals surface area contributed by atoms with E-state index in [4.69, 9.17) is 4.74 Å². The SMILES string of the molecule is CCCCCCCCC1CCN(CCCOc2ccc(-c3ccc(C(C)=O)cc3)cc2)CC1. The molecule has 2 aromatic rings. The van der Waals surface area contributed by atoms with Gasteiger partial charge in [0.1, 0.15) is 5.75 Å². The number of carbonyl (C=O) groups is 1. The van der Waals surface area contributed by atoms with E-state index in [1.807, 2.05) is 36.4 Å². The molecule has 1 fully saturated rings. The second-order valence-corrected chi connectivity index (χ2v) is 9.70. The van der Waals surface area contributed by atoms with E-state index in [1.165, 1.54) is 70.9 Å². The number of ether oxygens (including phenoxy) is 1. The first-order chi connectivity index (χ1) is 16.2. The van der Waals surface area contributed by atoms with Gasteiger partial charge in [-0.15, -0.1) is 0 Å².